The highest BCUT2D eigenvalue weighted by Gasteiger charge is 2.61. The summed E-state index contributed by atoms with van der Waals surface area (Å²) in [4.78, 5) is 0. The van der Waals surface area contributed by atoms with Crippen molar-refractivity contribution in [2.45, 2.75) is 110 Å². The highest BCUT2D eigenvalue weighted by atomic mass is 16.3. The molecule has 4 fully saturated rings. The van der Waals surface area contributed by atoms with Crippen LogP contribution in [0.3, 0.4) is 0 Å². The average molecular weight is 469 g/mol. The van der Waals surface area contributed by atoms with E-state index in [1.807, 2.05) is 30.3 Å². The normalized spacial score (nSPS) is 46.6. The fraction of sp³-hybridized carbons (Fsp3) is 0.806. The average Bonchev–Trinajstić information content (AvgIpc) is 3.16. The van der Waals surface area contributed by atoms with Crippen molar-refractivity contribution >= 4 is 0 Å². The molecule has 4 saturated carbocycles. The molecule has 4 aliphatic rings. The van der Waals surface area contributed by atoms with Crippen LogP contribution in [0.25, 0.3) is 0 Å². The van der Waals surface area contributed by atoms with Gasteiger partial charge in [-0.1, -0.05) is 51.1 Å². The van der Waals surface area contributed by atoms with Crippen LogP contribution in [0.4, 0.5) is 0 Å². The smallest absolute Gasteiger partial charge is 0.0814 e. The van der Waals surface area contributed by atoms with Gasteiger partial charge in [-0.15, -0.1) is 0 Å². The molecule has 3 nitrogen and oxygen atoms in total. The fourth-order valence-electron chi connectivity index (χ4n) is 9.86. The second kappa shape index (κ2) is 8.89. The van der Waals surface area contributed by atoms with Gasteiger partial charge in [0, 0.05) is 6.42 Å². The molecule has 1 aromatic rings. The van der Waals surface area contributed by atoms with Crippen LogP contribution >= 0.6 is 0 Å². The van der Waals surface area contributed by atoms with Crippen LogP contribution in [0, 0.1) is 46.3 Å². The molecule has 1 aromatic carbocycles. The molecule has 0 unspecified atom stereocenters. The second-order valence-corrected chi connectivity index (χ2v) is 13.7. The van der Waals surface area contributed by atoms with Gasteiger partial charge in [0.25, 0.3) is 0 Å². The lowest BCUT2D eigenvalue weighted by molar-refractivity contribution is -0.149. The van der Waals surface area contributed by atoms with E-state index < -0.39 is 17.8 Å². The van der Waals surface area contributed by atoms with Crippen molar-refractivity contribution in [2.24, 2.45) is 46.3 Å². The molecule has 0 radical (unpaired) electrons. The maximum atomic E-state index is 11.2. The number of fused-ring (bicyclic) bond motifs is 5. The van der Waals surface area contributed by atoms with E-state index in [1.54, 1.807) is 0 Å². The zero-order chi connectivity index (χ0) is 24.3. The molecule has 5 rings (SSSR count). The first-order valence-electron chi connectivity index (χ1n) is 14.2. The van der Waals surface area contributed by atoms with E-state index in [9.17, 15) is 15.3 Å². The molecule has 0 bridgehead atoms. The van der Waals surface area contributed by atoms with Gasteiger partial charge >= 0.3 is 0 Å². The topological polar surface area (TPSA) is 60.7 Å². The minimum absolute atomic E-state index is 0.210. The summed E-state index contributed by atoms with van der Waals surface area (Å²) >= 11 is 0. The van der Waals surface area contributed by atoms with Crippen molar-refractivity contribution in [1.29, 1.82) is 0 Å². The molecule has 3 N–H and O–H groups in total. The Bertz CT molecular complexity index is 851. The van der Waals surface area contributed by atoms with Gasteiger partial charge in [0.05, 0.1) is 17.8 Å². The Morgan fingerprint density at radius 2 is 1.56 bits per heavy atom. The van der Waals surface area contributed by atoms with E-state index in [-0.39, 0.29) is 5.92 Å². The Morgan fingerprint density at radius 1 is 0.853 bits per heavy atom. The summed E-state index contributed by atoms with van der Waals surface area (Å²) in [5.74, 6) is 3.81. The largest absolute Gasteiger partial charge is 0.393 e. The van der Waals surface area contributed by atoms with Gasteiger partial charge in [0.1, 0.15) is 0 Å². The number of aliphatic hydroxyl groups excluding tert-OH is 2. The molecule has 11 atom stereocenters. The third kappa shape index (κ3) is 4.08. The van der Waals surface area contributed by atoms with Crippen molar-refractivity contribution in [1.82, 2.24) is 0 Å². The predicted octanol–water partition coefficient (Wildman–Crippen LogP) is 6.52. The molecule has 190 valence electrons. The number of rotatable bonds is 5. The summed E-state index contributed by atoms with van der Waals surface area (Å²) < 4.78 is 0. The van der Waals surface area contributed by atoms with E-state index >= 15 is 0 Å². The summed E-state index contributed by atoms with van der Waals surface area (Å²) in [6, 6.07) is 9.79. The van der Waals surface area contributed by atoms with Crippen molar-refractivity contribution < 1.29 is 15.3 Å². The van der Waals surface area contributed by atoms with Crippen LogP contribution in [-0.4, -0.2) is 27.0 Å². The summed E-state index contributed by atoms with van der Waals surface area (Å²) in [5, 5.41) is 32.7. The Hall–Kier alpha value is -0.900. The van der Waals surface area contributed by atoms with Gasteiger partial charge in [-0.25, -0.2) is 0 Å². The Kier molecular flexibility index (Phi) is 6.48. The molecule has 0 saturated heterocycles. The molecular weight excluding hydrogens is 420 g/mol. The highest BCUT2D eigenvalue weighted by molar-refractivity contribution is 5.17. The SMILES string of the molecule is C[C@@H]([C@H]1CC[C@H]2[C@@H]3CC[C@H]4C[C@@](C)(O)CC[C@]4(C)[C@H]3CC[C@]12C)[C@@H](O)C[C@@H](O)c1ccccc1. The standard InChI is InChI=1S/C31H48O3/c1-20(27(32)18-28(33)21-8-6-5-7-9-21)24-12-13-25-23-11-10-22-19-29(2,34)16-17-30(22,3)26(23)14-15-31(24,25)4/h5-9,20,22-28,32-34H,10-19H2,1-4H3/t20-,22-,23-,24+,25-,26-,27-,28+,29-,30-,31+/m0/s1. The van der Waals surface area contributed by atoms with Gasteiger partial charge < -0.3 is 15.3 Å². The number of aliphatic hydroxyl groups is 3. The number of benzene rings is 1. The zero-order valence-electron chi connectivity index (χ0n) is 21.9. The lowest BCUT2D eigenvalue weighted by Gasteiger charge is -2.62. The summed E-state index contributed by atoms with van der Waals surface area (Å²) in [6.45, 7) is 9.41. The number of hydrogen-bond acceptors (Lipinski definition) is 3. The predicted molar refractivity (Wildman–Crippen MR) is 137 cm³/mol. The summed E-state index contributed by atoms with van der Waals surface area (Å²) in [6.07, 6.45) is 10.2. The van der Waals surface area contributed by atoms with Crippen LogP contribution < -0.4 is 0 Å². The van der Waals surface area contributed by atoms with E-state index in [0.717, 1.165) is 36.2 Å². The first kappa shape index (κ1) is 24.8. The second-order valence-electron chi connectivity index (χ2n) is 13.7. The molecule has 4 aliphatic carbocycles. The first-order chi connectivity index (χ1) is 16.1. The molecule has 0 aromatic heterocycles. The monoisotopic (exact) mass is 468 g/mol. The third-order valence-corrected chi connectivity index (χ3v) is 11.9. The van der Waals surface area contributed by atoms with E-state index in [1.165, 1.54) is 44.9 Å². The molecule has 0 heterocycles. The van der Waals surface area contributed by atoms with Crippen LogP contribution in [-0.2, 0) is 0 Å². The van der Waals surface area contributed by atoms with Crippen molar-refractivity contribution in [3.63, 3.8) is 0 Å². The lowest BCUT2D eigenvalue weighted by atomic mass is 9.43. The Labute approximate surface area is 207 Å². The lowest BCUT2D eigenvalue weighted by Crippen LogP contribution is -2.55. The van der Waals surface area contributed by atoms with E-state index in [4.69, 9.17) is 0 Å². The summed E-state index contributed by atoms with van der Waals surface area (Å²) in [7, 11) is 0. The van der Waals surface area contributed by atoms with Gasteiger partial charge in [-0.2, -0.15) is 0 Å². The van der Waals surface area contributed by atoms with Crippen LogP contribution in [0.1, 0.15) is 104 Å². The van der Waals surface area contributed by atoms with Crippen molar-refractivity contribution in [2.75, 3.05) is 0 Å². The maximum Gasteiger partial charge on any atom is 0.0814 e. The Morgan fingerprint density at radius 3 is 2.29 bits per heavy atom. The zero-order valence-corrected chi connectivity index (χ0v) is 21.9. The minimum Gasteiger partial charge on any atom is -0.393 e. The van der Waals surface area contributed by atoms with Gasteiger partial charge in [0.2, 0.25) is 0 Å². The Balaban J connectivity index is 1.29. The fourth-order valence-corrected chi connectivity index (χ4v) is 9.86. The van der Waals surface area contributed by atoms with E-state index in [0.29, 0.717) is 29.1 Å². The van der Waals surface area contributed by atoms with Crippen LogP contribution in [0.2, 0.25) is 0 Å². The van der Waals surface area contributed by atoms with Gasteiger partial charge in [0.15, 0.2) is 0 Å². The maximum absolute atomic E-state index is 11.2. The molecule has 3 heteroatoms. The molecular formula is C31H48O3. The molecule has 0 spiro atoms. The quantitative estimate of drug-likeness (QED) is 0.461. The van der Waals surface area contributed by atoms with Crippen LogP contribution in [0.5, 0.6) is 0 Å². The molecule has 0 amide bonds. The summed E-state index contributed by atoms with van der Waals surface area (Å²) in [5.41, 5.74) is 1.15. The van der Waals surface area contributed by atoms with Crippen molar-refractivity contribution in [3.05, 3.63) is 35.9 Å². The van der Waals surface area contributed by atoms with E-state index in [2.05, 4.69) is 27.7 Å². The minimum atomic E-state index is -0.599. The van der Waals surface area contributed by atoms with Gasteiger partial charge in [-0.05, 0) is 117 Å². The van der Waals surface area contributed by atoms with Crippen molar-refractivity contribution in [3.8, 4) is 0 Å². The molecule has 0 aliphatic heterocycles. The van der Waals surface area contributed by atoms with Gasteiger partial charge in [-0.3, -0.25) is 0 Å². The number of hydrogen-bond donors (Lipinski definition) is 3. The van der Waals surface area contributed by atoms with Crippen LogP contribution in [0.15, 0.2) is 30.3 Å². The molecule has 34 heavy (non-hydrogen) atoms. The third-order valence-electron chi connectivity index (χ3n) is 11.9. The first-order valence-corrected chi connectivity index (χ1v) is 14.2. The highest BCUT2D eigenvalue weighted by Crippen LogP contribution is 2.68.